The fourth-order valence-electron chi connectivity index (χ4n) is 3.83. The first-order chi connectivity index (χ1) is 15.6. The number of carbonyl (C=O) groups is 1. The van der Waals surface area contributed by atoms with E-state index in [0.29, 0.717) is 49.3 Å². The molecule has 0 radical (unpaired) electrons. The smallest absolute Gasteiger partial charge is 0.232 e. The van der Waals surface area contributed by atoms with Crippen LogP contribution in [0.2, 0.25) is 0 Å². The van der Waals surface area contributed by atoms with Crippen LogP contribution in [0.4, 0.5) is 0 Å². The summed E-state index contributed by atoms with van der Waals surface area (Å²) in [6.45, 7) is 6.04. The summed E-state index contributed by atoms with van der Waals surface area (Å²) in [5.74, 6) is 2.33. The summed E-state index contributed by atoms with van der Waals surface area (Å²) in [4.78, 5) is 19.0. The number of ether oxygens (including phenoxy) is 2. The number of carbonyl (C=O) groups excluding carboxylic acids is 1. The fraction of sp³-hybridized carbons (Fsp3) is 0.400. The van der Waals surface area contributed by atoms with Gasteiger partial charge in [-0.05, 0) is 43.5 Å². The van der Waals surface area contributed by atoms with Crippen molar-refractivity contribution < 1.29 is 18.8 Å². The van der Waals surface area contributed by atoms with Crippen molar-refractivity contribution in [3.05, 3.63) is 59.5 Å². The standard InChI is InChI=1S/C25H29N3O4/c1-4-13-31-21-10-9-19(14-22(21)30-3)24-26-25(32-27-24)20-15-23(29)28(16-20)12-11-18-7-5-17(2)6-8-18/h5-10,14,20H,4,11-13,15-16H2,1-3H3. The van der Waals surface area contributed by atoms with Crippen molar-refractivity contribution in [3.63, 3.8) is 0 Å². The van der Waals surface area contributed by atoms with E-state index in [-0.39, 0.29) is 11.8 Å². The van der Waals surface area contributed by atoms with Crippen molar-refractivity contribution in [1.29, 1.82) is 0 Å². The highest BCUT2D eigenvalue weighted by molar-refractivity contribution is 5.79. The maximum absolute atomic E-state index is 12.5. The summed E-state index contributed by atoms with van der Waals surface area (Å²) in [6, 6.07) is 14.0. The van der Waals surface area contributed by atoms with Crippen LogP contribution < -0.4 is 9.47 Å². The number of hydrogen-bond acceptors (Lipinski definition) is 6. The molecule has 3 aromatic rings. The summed E-state index contributed by atoms with van der Waals surface area (Å²) in [7, 11) is 1.61. The minimum Gasteiger partial charge on any atom is -0.493 e. The van der Waals surface area contributed by atoms with E-state index in [1.807, 2.05) is 23.1 Å². The highest BCUT2D eigenvalue weighted by Crippen LogP contribution is 2.33. The summed E-state index contributed by atoms with van der Waals surface area (Å²) in [6.07, 6.45) is 2.14. The molecule has 32 heavy (non-hydrogen) atoms. The van der Waals surface area contributed by atoms with E-state index in [1.165, 1.54) is 11.1 Å². The largest absolute Gasteiger partial charge is 0.493 e. The fourth-order valence-corrected chi connectivity index (χ4v) is 3.83. The number of nitrogens with zero attached hydrogens (tertiary/aromatic N) is 3. The molecule has 0 saturated carbocycles. The normalized spacial score (nSPS) is 15.9. The predicted molar refractivity (Wildman–Crippen MR) is 121 cm³/mol. The van der Waals surface area contributed by atoms with Crippen LogP contribution in [0.5, 0.6) is 11.5 Å². The topological polar surface area (TPSA) is 77.7 Å². The molecule has 1 saturated heterocycles. The van der Waals surface area contributed by atoms with Gasteiger partial charge < -0.3 is 18.9 Å². The lowest BCUT2D eigenvalue weighted by molar-refractivity contribution is -0.127. The van der Waals surface area contributed by atoms with Crippen molar-refractivity contribution in [2.75, 3.05) is 26.8 Å². The minimum absolute atomic E-state index is 0.0872. The molecule has 1 unspecified atom stereocenters. The van der Waals surface area contributed by atoms with Crippen molar-refractivity contribution in [3.8, 4) is 22.9 Å². The lowest BCUT2D eigenvalue weighted by Crippen LogP contribution is -2.27. The first-order valence-electron chi connectivity index (χ1n) is 11.1. The second kappa shape index (κ2) is 9.85. The SMILES string of the molecule is CCCOc1ccc(-c2noc(C3CC(=O)N(CCc4ccc(C)cc4)C3)n2)cc1OC. The van der Waals surface area contributed by atoms with Crippen LogP contribution in [0, 0.1) is 6.92 Å². The Morgan fingerprint density at radius 1 is 1.16 bits per heavy atom. The van der Waals surface area contributed by atoms with Crippen molar-refractivity contribution >= 4 is 5.91 Å². The Kier molecular flexibility index (Phi) is 6.73. The van der Waals surface area contributed by atoms with E-state index in [2.05, 4.69) is 48.3 Å². The third kappa shape index (κ3) is 4.93. The van der Waals surface area contributed by atoms with Gasteiger partial charge >= 0.3 is 0 Å². The lowest BCUT2D eigenvalue weighted by Gasteiger charge is -2.15. The number of aryl methyl sites for hydroxylation is 1. The van der Waals surface area contributed by atoms with Crippen LogP contribution in [0.25, 0.3) is 11.4 Å². The molecule has 168 valence electrons. The van der Waals surface area contributed by atoms with E-state index in [0.717, 1.165) is 18.4 Å². The molecule has 2 aromatic carbocycles. The molecule has 0 aliphatic carbocycles. The van der Waals surface area contributed by atoms with Gasteiger partial charge in [-0.1, -0.05) is 41.9 Å². The van der Waals surface area contributed by atoms with Gasteiger partial charge in [-0.2, -0.15) is 4.98 Å². The van der Waals surface area contributed by atoms with Crippen LogP contribution in [-0.4, -0.2) is 47.8 Å². The average Bonchev–Trinajstić information content (AvgIpc) is 3.44. The zero-order valence-corrected chi connectivity index (χ0v) is 18.8. The van der Waals surface area contributed by atoms with Crippen LogP contribution in [0.1, 0.15) is 42.7 Å². The Bertz CT molecular complexity index is 1060. The second-order valence-corrected chi connectivity index (χ2v) is 8.15. The molecule has 7 nitrogen and oxygen atoms in total. The molecule has 1 atom stereocenters. The van der Waals surface area contributed by atoms with Gasteiger partial charge in [0, 0.05) is 25.1 Å². The zero-order chi connectivity index (χ0) is 22.5. The number of hydrogen-bond donors (Lipinski definition) is 0. The van der Waals surface area contributed by atoms with Crippen LogP contribution >= 0.6 is 0 Å². The number of benzene rings is 2. The van der Waals surface area contributed by atoms with Gasteiger partial charge in [-0.15, -0.1) is 0 Å². The van der Waals surface area contributed by atoms with Gasteiger partial charge in [0.05, 0.1) is 19.6 Å². The van der Waals surface area contributed by atoms with Gasteiger partial charge in [0.2, 0.25) is 17.6 Å². The number of amides is 1. The molecule has 1 aliphatic rings. The monoisotopic (exact) mass is 435 g/mol. The van der Waals surface area contributed by atoms with Gasteiger partial charge in [0.1, 0.15) is 0 Å². The highest BCUT2D eigenvalue weighted by atomic mass is 16.5. The Balaban J connectivity index is 1.41. The molecular formula is C25H29N3O4. The van der Waals surface area contributed by atoms with Gasteiger partial charge in [-0.3, -0.25) is 4.79 Å². The molecule has 1 fully saturated rings. The molecule has 2 heterocycles. The van der Waals surface area contributed by atoms with Gasteiger partial charge in [-0.25, -0.2) is 0 Å². The maximum Gasteiger partial charge on any atom is 0.232 e. The molecule has 0 N–H and O–H groups in total. The first kappa shape index (κ1) is 21.9. The van der Waals surface area contributed by atoms with Gasteiger partial charge in [0.15, 0.2) is 11.5 Å². The van der Waals surface area contributed by atoms with Crippen LogP contribution in [-0.2, 0) is 11.2 Å². The van der Waals surface area contributed by atoms with Gasteiger partial charge in [0.25, 0.3) is 0 Å². The van der Waals surface area contributed by atoms with Crippen molar-refractivity contribution in [2.24, 2.45) is 0 Å². The van der Waals surface area contributed by atoms with E-state index >= 15 is 0 Å². The van der Waals surface area contributed by atoms with Crippen molar-refractivity contribution in [1.82, 2.24) is 15.0 Å². The highest BCUT2D eigenvalue weighted by Gasteiger charge is 2.34. The summed E-state index contributed by atoms with van der Waals surface area (Å²) in [5.41, 5.74) is 3.24. The molecule has 0 bridgehead atoms. The quantitative estimate of drug-likeness (QED) is 0.496. The lowest BCUT2D eigenvalue weighted by atomic mass is 10.1. The maximum atomic E-state index is 12.5. The van der Waals surface area contributed by atoms with Crippen LogP contribution in [0.3, 0.4) is 0 Å². The first-order valence-corrected chi connectivity index (χ1v) is 11.1. The third-order valence-electron chi connectivity index (χ3n) is 5.68. The molecular weight excluding hydrogens is 406 g/mol. The molecule has 4 rings (SSSR count). The molecule has 0 spiro atoms. The number of likely N-dealkylation sites (tertiary alicyclic amines) is 1. The summed E-state index contributed by atoms with van der Waals surface area (Å²) < 4.78 is 16.7. The number of rotatable bonds is 9. The van der Waals surface area contributed by atoms with E-state index < -0.39 is 0 Å². The molecule has 1 aliphatic heterocycles. The van der Waals surface area contributed by atoms with E-state index in [9.17, 15) is 4.79 Å². The second-order valence-electron chi connectivity index (χ2n) is 8.15. The number of methoxy groups -OCH3 is 1. The van der Waals surface area contributed by atoms with Crippen LogP contribution in [0.15, 0.2) is 47.0 Å². The summed E-state index contributed by atoms with van der Waals surface area (Å²) in [5, 5.41) is 4.14. The predicted octanol–water partition coefficient (Wildman–Crippen LogP) is 4.40. The Morgan fingerprint density at radius 2 is 1.97 bits per heavy atom. The molecule has 1 amide bonds. The zero-order valence-electron chi connectivity index (χ0n) is 18.8. The van der Waals surface area contributed by atoms with E-state index in [1.54, 1.807) is 7.11 Å². The minimum atomic E-state index is -0.0872. The Hall–Kier alpha value is -3.35. The van der Waals surface area contributed by atoms with Crippen molar-refractivity contribution in [2.45, 2.75) is 39.0 Å². The van der Waals surface area contributed by atoms with E-state index in [4.69, 9.17) is 14.0 Å². The summed E-state index contributed by atoms with van der Waals surface area (Å²) >= 11 is 0. The number of aromatic nitrogens is 2. The third-order valence-corrected chi connectivity index (χ3v) is 5.68. The molecule has 7 heteroatoms. The molecule has 1 aromatic heterocycles. The Labute approximate surface area is 188 Å². The Morgan fingerprint density at radius 3 is 2.72 bits per heavy atom. The average molecular weight is 436 g/mol.